The van der Waals surface area contributed by atoms with Crippen LogP contribution in [0.25, 0.3) is 0 Å². The van der Waals surface area contributed by atoms with E-state index < -0.39 is 24.0 Å². The van der Waals surface area contributed by atoms with Gasteiger partial charge in [-0.3, -0.25) is 0 Å². The second kappa shape index (κ2) is 16.9. The summed E-state index contributed by atoms with van der Waals surface area (Å²) in [7, 11) is -4.80. The monoisotopic (exact) mass is 732 g/mol. The van der Waals surface area contributed by atoms with Gasteiger partial charge in [-0.1, -0.05) is 107 Å². The average molecular weight is 734 g/mol. The minimum Gasteiger partial charge on any atom is -0.540 e. The zero-order chi connectivity index (χ0) is 37.3. The van der Waals surface area contributed by atoms with Gasteiger partial charge in [0.05, 0.1) is 0 Å². The topological polar surface area (TPSA) is 58.9 Å². The summed E-state index contributed by atoms with van der Waals surface area (Å²) in [6.45, 7) is 31.3. The molecule has 0 aliphatic heterocycles. The normalized spacial score (nSPS) is 12.0. The summed E-state index contributed by atoms with van der Waals surface area (Å²) in [4.78, 5) is 0. The van der Waals surface area contributed by atoms with Gasteiger partial charge in [0.25, 0.3) is 16.6 Å². The van der Waals surface area contributed by atoms with Crippen molar-refractivity contribution in [1.82, 2.24) is 0 Å². The number of aromatic hydroxyl groups is 2. The summed E-state index contributed by atoms with van der Waals surface area (Å²) in [5.74, 6) is 2.36. The maximum absolute atomic E-state index is 9.30. The highest BCUT2D eigenvalue weighted by molar-refractivity contribution is 7.18. The fourth-order valence-electron chi connectivity index (χ4n) is 4.66. The molecular formula is C41H57ClO4Si3. The highest BCUT2D eigenvalue weighted by Crippen LogP contribution is 2.35. The first-order valence-corrected chi connectivity index (χ1v) is 27.1. The molecule has 0 atom stereocenters. The molecule has 0 bridgehead atoms. The molecule has 0 amide bonds. The van der Waals surface area contributed by atoms with Crippen LogP contribution in [0.15, 0.2) is 122 Å². The maximum atomic E-state index is 9.30. The molecule has 4 aromatic rings. The Morgan fingerprint density at radius 3 is 0.898 bits per heavy atom. The van der Waals surface area contributed by atoms with Crippen LogP contribution < -0.4 is 8.85 Å². The highest BCUT2D eigenvalue weighted by Gasteiger charge is 2.26. The van der Waals surface area contributed by atoms with Crippen LogP contribution >= 0.6 is 11.1 Å². The Morgan fingerprint density at radius 1 is 0.490 bits per heavy atom. The largest absolute Gasteiger partial charge is 0.540 e. The molecule has 8 heteroatoms. The number of hydrogen-bond acceptors (Lipinski definition) is 4. The molecule has 0 fully saturated rings. The molecule has 0 aromatic heterocycles. The number of benzene rings is 4. The quantitative estimate of drug-likeness (QED) is 0.126. The van der Waals surface area contributed by atoms with Gasteiger partial charge in [0.2, 0.25) is 0 Å². The van der Waals surface area contributed by atoms with Gasteiger partial charge >= 0.3 is 0 Å². The lowest BCUT2D eigenvalue weighted by atomic mass is 9.78. The van der Waals surface area contributed by atoms with E-state index in [-0.39, 0.29) is 22.3 Å². The summed E-state index contributed by atoms with van der Waals surface area (Å²) in [5.41, 5.74) is 8.40. The predicted octanol–water partition coefficient (Wildman–Crippen LogP) is 12.1. The van der Waals surface area contributed by atoms with Gasteiger partial charge in [-0.15, -0.1) is 13.2 Å². The van der Waals surface area contributed by atoms with Crippen LogP contribution in [0.2, 0.25) is 45.8 Å². The first-order chi connectivity index (χ1) is 22.5. The molecular weight excluding hydrogens is 676 g/mol. The van der Waals surface area contributed by atoms with E-state index in [4.69, 9.17) is 19.9 Å². The van der Waals surface area contributed by atoms with E-state index in [9.17, 15) is 10.2 Å². The molecule has 0 unspecified atom stereocenters. The van der Waals surface area contributed by atoms with Crippen molar-refractivity contribution in [3.8, 4) is 23.0 Å². The Hall–Kier alpha value is -3.50. The van der Waals surface area contributed by atoms with Crippen molar-refractivity contribution in [3.05, 3.63) is 144 Å². The summed E-state index contributed by atoms with van der Waals surface area (Å²) < 4.78 is 12.2. The van der Waals surface area contributed by atoms with Crippen LogP contribution in [0.3, 0.4) is 0 Å². The van der Waals surface area contributed by atoms with E-state index in [0.717, 1.165) is 22.6 Å². The minimum atomic E-state index is -1.83. The number of phenols is 2. The van der Waals surface area contributed by atoms with E-state index in [1.807, 2.05) is 35.7 Å². The molecule has 4 nitrogen and oxygen atoms in total. The van der Waals surface area contributed by atoms with E-state index in [1.54, 1.807) is 24.3 Å². The molecule has 0 spiro atoms. The van der Waals surface area contributed by atoms with Crippen LogP contribution in [0, 0.1) is 0 Å². The van der Waals surface area contributed by atoms with Crippen molar-refractivity contribution in [1.29, 1.82) is 0 Å². The lowest BCUT2D eigenvalue weighted by Crippen LogP contribution is -2.31. The fourth-order valence-corrected chi connectivity index (χ4v) is 6.31. The number of halogens is 1. The summed E-state index contributed by atoms with van der Waals surface area (Å²) in [6, 6.07) is 31.3. The van der Waals surface area contributed by atoms with Crippen molar-refractivity contribution < 1.29 is 19.1 Å². The second-order valence-electron chi connectivity index (χ2n) is 15.3. The van der Waals surface area contributed by atoms with Crippen molar-refractivity contribution in [2.75, 3.05) is 0 Å². The molecule has 0 radical (unpaired) electrons. The molecule has 0 saturated carbocycles. The lowest BCUT2D eigenvalue weighted by Gasteiger charge is -2.28. The maximum Gasteiger partial charge on any atom is 0.269 e. The Balaban J connectivity index is 0.000000321. The lowest BCUT2D eigenvalue weighted by molar-refractivity contribution is 0.474. The SMILES string of the molecule is C=C[Si](C)(C)Oc1ccc(C(C)(C)c2ccc(O[Si](C)(C)C=C)cc2)cc1.CC(C)(c1ccc(O)cc1)c1ccc(O)cc1.C[Si](C)(C)Cl. The fraction of sp³-hybridized carbons (Fsp3) is 0.317. The van der Waals surface area contributed by atoms with Gasteiger partial charge in [-0.05, 0) is 97.0 Å². The van der Waals surface area contributed by atoms with E-state index in [0.29, 0.717) is 0 Å². The first kappa shape index (κ1) is 41.7. The first-order valence-electron chi connectivity index (χ1n) is 16.6. The molecule has 49 heavy (non-hydrogen) atoms. The Bertz CT molecular complexity index is 1500. The standard InChI is InChI=1S/C23H32O2Si2.C15H16O2.C3H9ClSi/c1-9-26(5,6)24-21-15-11-19(12-16-21)23(3,4)20-13-17-22(18-14-20)25-27(7,8)10-2;1-15(2,11-3-7-13(16)8-4-11)12-5-9-14(17)10-6-12;1-5(2,3)4/h9-18H,1-2H2,3-8H3;3-10,16-17H,1-2H3;1-3H3. The predicted molar refractivity (Wildman–Crippen MR) is 219 cm³/mol. The third kappa shape index (κ3) is 13.7. The summed E-state index contributed by atoms with van der Waals surface area (Å²) in [6.07, 6.45) is 0. The van der Waals surface area contributed by atoms with Gasteiger partial charge < -0.3 is 19.1 Å². The minimum absolute atomic E-state index is 0.103. The summed E-state index contributed by atoms with van der Waals surface area (Å²) >= 11 is 5.67. The van der Waals surface area contributed by atoms with Crippen LogP contribution in [0.4, 0.5) is 0 Å². The molecule has 4 aromatic carbocycles. The van der Waals surface area contributed by atoms with E-state index in [1.165, 1.54) is 11.1 Å². The van der Waals surface area contributed by atoms with Gasteiger partial charge in [0, 0.05) is 10.8 Å². The molecule has 0 aliphatic carbocycles. The van der Waals surface area contributed by atoms with E-state index in [2.05, 4.69) is 135 Å². The Kier molecular flexibility index (Phi) is 14.4. The van der Waals surface area contributed by atoms with Crippen LogP contribution in [0.1, 0.15) is 49.9 Å². The Labute approximate surface area is 304 Å². The van der Waals surface area contributed by atoms with Crippen molar-refractivity contribution in [2.24, 2.45) is 0 Å². The number of rotatable bonds is 10. The molecule has 2 N–H and O–H groups in total. The molecule has 0 aliphatic rings. The van der Waals surface area contributed by atoms with Gasteiger partial charge in [0.1, 0.15) is 30.4 Å². The third-order valence-corrected chi connectivity index (χ3v) is 11.6. The Morgan fingerprint density at radius 2 is 0.694 bits per heavy atom. The summed E-state index contributed by atoms with van der Waals surface area (Å²) in [5, 5.41) is 18.6. The van der Waals surface area contributed by atoms with Gasteiger partial charge in [-0.2, -0.15) is 11.1 Å². The van der Waals surface area contributed by atoms with Gasteiger partial charge in [0.15, 0.2) is 0 Å². The zero-order valence-electron chi connectivity index (χ0n) is 31.4. The third-order valence-electron chi connectivity index (χ3n) is 8.07. The van der Waals surface area contributed by atoms with Crippen LogP contribution in [0.5, 0.6) is 23.0 Å². The van der Waals surface area contributed by atoms with Crippen molar-refractivity contribution in [3.63, 3.8) is 0 Å². The average Bonchev–Trinajstić information content (AvgIpc) is 3.01. The number of hydrogen-bond donors (Lipinski definition) is 2. The molecule has 0 heterocycles. The molecule has 4 rings (SSSR count). The smallest absolute Gasteiger partial charge is 0.269 e. The van der Waals surface area contributed by atoms with E-state index >= 15 is 0 Å². The zero-order valence-corrected chi connectivity index (χ0v) is 35.2. The van der Waals surface area contributed by atoms with Crippen molar-refractivity contribution in [2.45, 2.75) is 84.4 Å². The van der Waals surface area contributed by atoms with Crippen LogP contribution in [-0.4, -0.2) is 34.2 Å². The molecule has 264 valence electrons. The van der Waals surface area contributed by atoms with Crippen LogP contribution in [-0.2, 0) is 10.8 Å². The van der Waals surface area contributed by atoms with Gasteiger partial charge in [-0.25, -0.2) is 0 Å². The molecule has 0 saturated heterocycles. The second-order valence-corrected chi connectivity index (χ2v) is 30.5. The highest BCUT2D eigenvalue weighted by atomic mass is 35.6. The number of phenolic OH excluding ortho intramolecular Hbond substituents is 2. The van der Waals surface area contributed by atoms with Crippen molar-refractivity contribution >= 4 is 35.1 Å².